The summed E-state index contributed by atoms with van der Waals surface area (Å²) in [7, 11) is 0. The maximum Gasteiger partial charge on any atom is 0.271 e. The number of hydrogen-bond acceptors (Lipinski definition) is 4. The average molecular weight is 338 g/mol. The lowest BCUT2D eigenvalue weighted by Gasteiger charge is -2.43. The van der Waals surface area contributed by atoms with Crippen molar-refractivity contribution in [2.45, 2.75) is 31.2 Å². The predicted molar refractivity (Wildman–Crippen MR) is 91.6 cm³/mol. The van der Waals surface area contributed by atoms with Gasteiger partial charge in [-0.3, -0.25) is 4.79 Å². The summed E-state index contributed by atoms with van der Waals surface area (Å²) in [5, 5.41) is 5.93. The molecule has 1 aromatic carbocycles. The van der Waals surface area contributed by atoms with Crippen LogP contribution in [0.3, 0.4) is 0 Å². The number of rotatable bonds is 5. The van der Waals surface area contributed by atoms with Crippen molar-refractivity contribution in [2.24, 2.45) is 5.73 Å². The Morgan fingerprint density at radius 2 is 2.05 bits per heavy atom. The number of thiazole rings is 1. The first-order chi connectivity index (χ1) is 10.2. The molecule has 1 aliphatic carbocycles. The van der Waals surface area contributed by atoms with E-state index in [1.54, 1.807) is 0 Å². The molecule has 1 heterocycles. The highest BCUT2D eigenvalue weighted by molar-refractivity contribution is 7.09. The highest BCUT2D eigenvalue weighted by Crippen LogP contribution is 2.41. The molecule has 1 aromatic heterocycles. The number of benzene rings is 1. The Hall–Kier alpha value is -1.43. The van der Waals surface area contributed by atoms with Crippen molar-refractivity contribution in [1.82, 2.24) is 10.3 Å². The molecule has 0 bridgehead atoms. The van der Waals surface area contributed by atoms with Crippen molar-refractivity contribution in [3.63, 3.8) is 0 Å². The third-order valence-corrected chi connectivity index (χ3v) is 4.94. The second-order valence-corrected chi connectivity index (χ2v) is 6.36. The lowest BCUT2D eigenvalue weighted by Crippen LogP contribution is -2.50. The molecule has 1 amide bonds. The molecule has 2 aromatic rings. The minimum Gasteiger partial charge on any atom is -0.341 e. The molecule has 1 aliphatic rings. The number of hydrogen-bond donors (Lipinski definition) is 2. The fourth-order valence-electron chi connectivity index (χ4n) is 2.71. The fourth-order valence-corrected chi connectivity index (χ4v) is 3.50. The van der Waals surface area contributed by atoms with E-state index in [1.807, 2.05) is 23.6 Å². The second-order valence-electron chi connectivity index (χ2n) is 5.42. The lowest BCUT2D eigenvalue weighted by atomic mass is 9.71. The van der Waals surface area contributed by atoms with E-state index in [-0.39, 0.29) is 23.9 Å². The zero-order valence-corrected chi connectivity index (χ0v) is 13.9. The van der Waals surface area contributed by atoms with Gasteiger partial charge in [0.15, 0.2) is 0 Å². The molecule has 22 heavy (non-hydrogen) atoms. The van der Waals surface area contributed by atoms with E-state index in [0.29, 0.717) is 12.2 Å². The predicted octanol–water partition coefficient (Wildman–Crippen LogP) is 2.88. The van der Waals surface area contributed by atoms with Crippen LogP contribution in [0, 0.1) is 0 Å². The number of carbonyl (C=O) groups excluding carboxylic acids is 1. The molecule has 6 heteroatoms. The molecule has 0 aliphatic heterocycles. The van der Waals surface area contributed by atoms with Crippen LogP contribution >= 0.6 is 23.7 Å². The molecule has 4 nitrogen and oxygen atoms in total. The van der Waals surface area contributed by atoms with Gasteiger partial charge in [0, 0.05) is 11.8 Å². The molecule has 0 saturated heterocycles. The minimum atomic E-state index is -0.212. The number of amides is 1. The number of nitrogens with two attached hydrogens (primary N) is 1. The summed E-state index contributed by atoms with van der Waals surface area (Å²) in [6, 6.07) is 10.2. The molecule has 0 unspecified atom stereocenters. The Kier molecular flexibility index (Phi) is 5.56. The smallest absolute Gasteiger partial charge is 0.271 e. The summed E-state index contributed by atoms with van der Waals surface area (Å²) in [6.45, 7) is 0.558. The van der Waals surface area contributed by atoms with E-state index >= 15 is 0 Å². The van der Waals surface area contributed by atoms with Crippen LogP contribution in [0.1, 0.15) is 40.3 Å². The fraction of sp³-hybridized carbons (Fsp3) is 0.375. The zero-order valence-electron chi connectivity index (χ0n) is 12.2. The van der Waals surface area contributed by atoms with E-state index in [4.69, 9.17) is 5.73 Å². The highest BCUT2D eigenvalue weighted by Gasteiger charge is 2.40. The zero-order chi connectivity index (χ0) is 14.7. The summed E-state index contributed by atoms with van der Waals surface area (Å²) in [6.07, 6.45) is 3.84. The van der Waals surface area contributed by atoms with Crippen LogP contribution in [0.15, 0.2) is 35.7 Å². The third-order valence-electron chi connectivity index (χ3n) is 4.03. The van der Waals surface area contributed by atoms with Gasteiger partial charge in [-0.15, -0.1) is 23.7 Å². The summed E-state index contributed by atoms with van der Waals surface area (Å²) in [4.78, 5) is 16.8. The van der Waals surface area contributed by atoms with Crippen LogP contribution in [0.25, 0.3) is 0 Å². The largest absolute Gasteiger partial charge is 0.341 e. The summed E-state index contributed by atoms with van der Waals surface area (Å²) in [5.74, 6) is -0.0851. The molecule has 118 valence electrons. The molecular formula is C16H20ClN3OS. The van der Waals surface area contributed by atoms with Gasteiger partial charge in [0.25, 0.3) is 5.91 Å². The van der Waals surface area contributed by atoms with Crippen LogP contribution in [0.2, 0.25) is 0 Å². The average Bonchev–Trinajstić information content (AvgIpc) is 2.93. The Labute approximate surface area is 140 Å². The first kappa shape index (κ1) is 16.9. The molecule has 0 spiro atoms. The van der Waals surface area contributed by atoms with Crippen LogP contribution in [-0.4, -0.2) is 17.4 Å². The molecule has 1 saturated carbocycles. The van der Waals surface area contributed by atoms with Gasteiger partial charge >= 0.3 is 0 Å². The molecular weight excluding hydrogens is 318 g/mol. The second kappa shape index (κ2) is 7.22. The minimum absolute atomic E-state index is 0. The topological polar surface area (TPSA) is 68.0 Å². The monoisotopic (exact) mass is 337 g/mol. The normalized spacial score (nSPS) is 15.5. The van der Waals surface area contributed by atoms with Gasteiger partial charge in [0.05, 0.1) is 10.5 Å². The SMILES string of the molecule is Cl.NCCc1nc(C(=O)NC2(c3ccccc3)CCC2)cs1. The van der Waals surface area contributed by atoms with Crippen molar-refractivity contribution in [2.75, 3.05) is 6.54 Å². The first-order valence-corrected chi connectivity index (χ1v) is 8.14. The molecule has 3 N–H and O–H groups in total. The Bertz CT molecular complexity index is 625. The summed E-state index contributed by atoms with van der Waals surface area (Å²) in [5.41, 5.74) is 7.00. The van der Waals surface area contributed by atoms with Crippen LogP contribution in [0.4, 0.5) is 0 Å². The van der Waals surface area contributed by atoms with Gasteiger partial charge in [-0.1, -0.05) is 30.3 Å². The van der Waals surface area contributed by atoms with Crippen molar-refractivity contribution in [3.8, 4) is 0 Å². The lowest BCUT2D eigenvalue weighted by molar-refractivity contribution is 0.0818. The van der Waals surface area contributed by atoms with E-state index in [1.165, 1.54) is 16.9 Å². The maximum atomic E-state index is 12.4. The molecule has 0 radical (unpaired) electrons. The molecule has 0 atom stereocenters. The number of nitrogens with one attached hydrogen (secondary N) is 1. The number of nitrogens with zero attached hydrogens (tertiary/aromatic N) is 1. The van der Waals surface area contributed by atoms with Crippen LogP contribution < -0.4 is 11.1 Å². The van der Waals surface area contributed by atoms with Gasteiger partial charge in [-0.05, 0) is 31.4 Å². The summed E-state index contributed by atoms with van der Waals surface area (Å²) >= 11 is 1.50. The maximum absolute atomic E-state index is 12.4. The van der Waals surface area contributed by atoms with E-state index in [2.05, 4.69) is 22.4 Å². The number of aromatic nitrogens is 1. The summed E-state index contributed by atoms with van der Waals surface area (Å²) < 4.78 is 0. The quantitative estimate of drug-likeness (QED) is 0.881. The number of halogens is 1. The van der Waals surface area contributed by atoms with Gasteiger partial charge in [-0.2, -0.15) is 0 Å². The van der Waals surface area contributed by atoms with Crippen LogP contribution in [0.5, 0.6) is 0 Å². The van der Waals surface area contributed by atoms with E-state index < -0.39 is 0 Å². The van der Waals surface area contributed by atoms with Crippen LogP contribution in [-0.2, 0) is 12.0 Å². The number of carbonyl (C=O) groups is 1. The Morgan fingerprint density at radius 3 is 2.64 bits per heavy atom. The van der Waals surface area contributed by atoms with Gasteiger partial charge in [0.2, 0.25) is 0 Å². The first-order valence-electron chi connectivity index (χ1n) is 7.26. The van der Waals surface area contributed by atoms with Crippen molar-refractivity contribution >= 4 is 29.7 Å². The van der Waals surface area contributed by atoms with Crippen molar-refractivity contribution in [3.05, 3.63) is 52.0 Å². The van der Waals surface area contributed by atoms with Gasteiger partial charge in [-0.25, -0.2) is 4.98 Å². The molecule has 3 rings (SSSR count). The molecule has 1 fully saturated rings. The third kappa shape index (κ3) is 3.32. The van der Waals surface area contributed by atoms with Crippen molar-refractivity contribution < 1.29 is 4.79 Å². The van der Waals surface area contributed by atoms with Crippen molar-refractivity contribution in [1.29, 1.82) is 0 Å². The van der Waals surface area contributed by atoms with Gasteiger partial charge in [0.1, 0.15) is 5.69 Å². The standard InChI is InChI=1S/C16H19N3OS.ClH/c17-10-7-14-18-13(11-21-14)15(20)19-16(8-4-9-16)12-5-2-1-3-6-12;/h1-3,5-6,11H,4,7-10,17H2,(H,19,20);1H. The Morgan fingerprint density at radius 1 is 1.32 bits per heavy atom. The Balaban J connectivity index is 0.00000176. The van der Waals surface area contributed by atoms with Gasteiger partial charge < -0.3 is 11.1 Å². The van der Waals surface area contributed by atoms with E-state index in [9.17, 15) is 4.79 Å². The highest BCUT2D eigenvalue weighted by atomic mass is 35.5. The van der Waals surface area contributed by atoms with E-state index in [0.717, 1.165) is 30.7 Å².